The molecule has 0 aromatic carbocycles. The lowest BCUT2D eigenvalue weighted by Gasteiger charge is -2.22. The van der Waals surface area contributed by atoms with E-state index in [4.69, 9.17) is 0 Å². The molecule has 0 amide bonds. The summed E-state index contributed by atoms with van der Waals surface area (Å²) in [5, 5.41) is 3.06. The van der Waals surface area contributed by atoms with Crippen LogP contribution in [0.25, 0.3) is 0 Å². The molecule has 5 heteroatoms. The van der Waals surface area contributed by atoms with Crippen molar-refractivity contribution in [2.45, 2.75) is 39.8 Å². The first-order chi connectivity index (χ1) is 9.38. The highest BCUT2D eigenvalue weighted by molar-refractivity contribution is 5.32. The lowest BCUT2D eigenvalue weighted by atomic mass is 10.1. The Hall–Kier alpha value is -2.17. The van der Waals surface area contributed by atoms with E-state index in [2.05, 4.69) is 15.3 Å². The molecule has 0 atom stereocenters. The van der Waals surface area contributed by atoms with Crippen LogP contribution in [0.1, 0.15) is 32.2 Å². The quantitative estimate of drug-likeness (QED) is 0.931. The van der Waals surface area contributed by atoms with Crippen molar-refractivity contribution < 1.29 is 0 Å². The molecule has 0 spiro atoms. The van der Waals surface area contributed by atoms with E-state index >= 15 is 0 Å². The van der Waals surface area contributed by atoms with Crippen molar-refractivity contribution in [3.63, 3.8) is 0 Å². The van der Waals surface area contributed by atoms with E-state index in [1.54, 1.807) is 17.0 Å². The van der Waals surface area contributed by atoms with Gasteiger partial charge in [-0.2, -0.15) is 0 Å². The summed E-state index contributed by atoms with van der Waals surface area (Å²) in [4.78, 5) is 20.8. The topological polar surface area (TPSA) is 59.8 Å². The van der Waals surface area contributed by atoms with E-state index < -0.39 is 0 Å². The highest BCUT2D eigenvalue weighted by Crippen LogP contribution is 2.11. The SMILES string of the molecule is Cc1cccc(CNc2nccn(C(C)(C)C)c2=O)n1. The summed E-state index contributed by atoms with van der Waals surface area (Å²) in [6, 6.07) is 5.81. The molecule has 0 unspecified atom stereocenters. The van der Waals surface area contributed by atoms with E-state index in [9.17, 15) is 4.79 Å². The van der Waals surface area contributed by atoms with Gasteiger partial charge in [0.15, 0.2) is 5.82 Å². The number of aryl methyl sites for hydroxylation is 1. The van der Waals surface area contributed by atoms with Gasteiger partial charge in [-0.15, -0.1) is 0 Å². The second-order valence-electron chi connectivity index (χ2n) is 5.75. The zero-order chi connectivity index (χ0) is 14.8. The molecule has 20 heavy (non-hydrogen) atoms. The first kappa shape index (κ1) is 14.2. The van der Waals surface area contributed by atoms with Crippen molar-refractivity contribution in [2.75, 3.05) is 5.32 Å². The van der Waals surface area contributed by atoms with Crippen molar-refractivity contribution in [1.82, 2.24) is 14.5 Å². The lowest BCUT2D eigenvalue weighted by molar-refractivity contribution is 0.383. The maximum absolute atomic E-state index is 12.3. The van der Waals surface area contributed by atoms with Crippen LogP contribution in [0.4, 0.5) is 5.82 Å². The maximum atomic E-state index is 12.3. The Labute approximate surface area is 118 Å². The fraction of sp³-hybridized carbons (Fsp3) is 0.400. The van der Waals surface area contributed by atoms with E-state index in [0.29, 0.717) is 12.4 Å². The first-order valence-electron chi connectivity index (χ1n) is 6.62. The molecule has 0 aliphatic rings. The van der Waals surface area contributed by atoms with Crippen LogP contribution in [0.5, 0.6) is 0 Å². The van der Waals surface area contributed by atoms with Crippen molar-refractivity contribution >= 4 is 5.82 Å². The summed E-state index contributed by atoms with van der Waals surface area (Å²) >= 11 is 0. The number of rotatable bonds is 3. The number of aromatic nitrogens is 3. The Kier molecular flexibility index (Phi) is 3.88. The predicted molar refractivity (Wildman–Crippen MR) is 79.8 cm³/mol. The third-order valence-electron chi connectivity index (χ3n) is 2.95. The minimum Gasteiger partial charge on any atom is -0.360 e. The third kappa shape index (κ3) is 3.23. The number of anilines is 1. The van der Waals surface area contributed by atoms with Crippen LogP contribution < -0.4 is 10.9 Å². The van der Waals surface area contributed by atoms with Gasteiger partial charge in [0, 0.05) is 23.6 Å². The summed E-state index contributed by atoms with van der Waals surface area (Å²) in [7, 11) is 0. The molecule has 2 aromatic rings. The molecule has 0 radical (unpaired) electrons. The van der Waals surface area contributed by atoms with Crippen LogP contribution in [-0.2, 0) is 12.1 Å². The average Bonchev–Trinajstić information content (AvgIpc) is 2.36. The molecule has 0 aliphatic carbocycles. The molecule has 5 nitrogen and oxygen atoms in total. The van der Waals surface area contributed by atoms with E-state index in [-0.39, 0.29) is 11.1 Å². The fourth-order valence-corrected chi connectivity index (χ4v) is 1.93. The molecule has 0 bridgehead atoms. The molecular weight excluding hydrogens is 252 g/mol. The van der Waals surface area contributed by atoms with Gasteiger partial charge in [0.05, 0.1) is 12.2 Å². The average molecular weight is 272 g/mol. The molecule has 2 heterocycles. The summed E-state index contributed by atoms with van der Waals surface area (Å²) in [6.45, 7) is 8.38. The first-order valence-corrected chi connectivity index (χ1v) is 6.62. The maximum Gasteiger partial charge on any atom is 0.293 e. The van der Waals surface area contributed by atoms with Crippen LogP contribution in [0.15, 0.2) is 35.4 Å². The van der Waals surface area contributed by atoms with Gasteiger partial charge in [-0.05, 0) is 39.8 Å². The molecule has 2 rings (SSSR count). The minimum absolute atomic E-state index is 0.118. The van der Waals surface area contributed by atoms with E-state index in [1.165, 1.54) is 0 Å². The molecule has 106 valence electrons. The standard InChI is InChI=1S/C15H20N4O/c1-11-6-5-7-12(18-11)10-17-13-14(20)19(9-8-16-13)15(2,3)4/h5-9H,10H2,1-4H3,(H,16,17). The molecule has 2 aromatic heterocycles. The number of nitrogens with one attached hydrogen (secondary N) is 1. The monoisotopic (exact) mass is 272 g/mol. The molecule has 0 fully saturated rings. The van der Waals surface area contributed by atoms with Crippen LogP contribution >= 0.6 is 0 Å². The van der Waals surface area contributed by atoms with Crippen molar-refractivity contribution in [1.29, 1.82) is 0 Å². The summed E-state index contributed by atoms with van der Waals surface area (Å²) in [5.74, 6) is 0.353. The van der Waals surface area contributed by atoms with Crippen molar-refractivity contribution in [3.05, 3.63) is 52.3 Å². The van der Waals surface area contributed by atoms with Crippen molar-refractivity contribution in [2.24, 2.45) is 0 Å². The van der Waals surface area contributed by atoms with E-state index in [1.807, 2.05) is 45.9 Å². The van der Waals surface area contributed by atoms with Gasteiger partial charge >= 0.3 is 0 Å². The minimum atomic E-state index is -0.266. The number of hydrogen-bond acceptors (Lipinski definition) is 4. The lowest BCUT2D eigenvalue weighted by Crippen LogP contribution is -2.35. The van der Waals surface area contributed by atoms with Gasteiger partial charge in [0.25, 0.3) is 5.56 Å². The predicted octanol–water partition coefficient (Wildman–Crippen LogP) is 2.31. The van der Waals surface area contributed by atoms with Gasteiger partial charge < -0.3 is 9.88 Å². The highest BCUT2D eigenvalue weighted by Gasteiger charge is 2.16. The Morgan fingerprint density at radius 2 is 2.05 bits per heavy atom. The second-order valence-corrected chi connectivity index (χ2v) is 5.75. The Balaban J connectivity index is 2.21. The largest absolute Gasteiger partial charge is 0.360 e. The fourth-order valence-electron chi connectivity index (χ4n) is 1.93. The summed E-state index contributed by atoms with van der Waals surface area (Å²) < 4.78 is 1.67. The van der Waals surface area contributed by atoms with Gasteiger partial charge in [0.2, 0.25) is 0 Å². The molecule has 0 aliphatic heterocycles. The smallest absolute Gasteiger partial charge is 0.293 e. The zero-order valence-electron chi connectivity index (χ0n) is 12.3. The summed E-state index contributed by atoms with van der Waals surface area (Å²) in [6.07, 6.45) is 3.34. The second kappa shape index (κ2) is 5.45. The van der Waals surface area contributed by atoms with Crippen LogP contribution in [-0.4, -0.2) is 14.5 Å². The Morgan fingerprint density at radius 1 is 1.30 bits per heavy atom. The van der Waals surface area contributed by atoms with E-state index in [0.717, 1.165) is 11.4 Å². The molecule has 0 saturated heterocycles. The van der Waals surface area contributed by atoms with Gasteiger partial charge in [-0.1, -0.05) is 6.07 Å². The number of pyridine rings is 1. The van der Waals surface area contributed by atoms with Crippen LogP contribution in [0, 0.1) is 6.92 Å². The van der Waals surface area contributed by atoms with Gasteiger partial charge in [-0.25, -0.2) is 4.98 Å². The Bertz CT molecular complexity index is 655. The highest BCUT2D eigenvalue weighted by atomic mass is 16.1. The van der Waals surface area contributed by atoms with Gasteiger partial charge in [-0.3, -0.25) is 9.78 Å². The van der Waals surface area contributed by atoms with Crippen LogP contribution in [0.2, 0.25) is 0 Å². The molecule has 1 N–H and O–H groups in total. The third-order valence-corrected chi connectivity index (χ3v) is 2.95. The van der Waals surface area contributed by atoms with Crippen LogP contribution in [0.3, 0.4) is 0 Å². The number of hydrogen-bond donors (Lipinski definition) is 1. The summed E-state index contributed by atoms with van der Waals surface area (Å²) in [5.41, 5.74) is 1.46. The molecular formula is C15H20N4O. The molecule has 0 saturated carbocycles. The number of nitrogens with zero attached hydrogens (tertiary/aromatic N) is 3. The van der Waals surface area contributed by atoms with Gasteiger partial charge in [0.1, 0.15) is 0 Å². The van der Waals surface area contributed by atoms with Crippen molar-refractivity contribution in [3.8, 4) is 0 Å². The Morgan fingerprint density at radius 3 is 2.70 bits per heavy atom. The zero-order valence-corrected chi connectivity index (χ0v) is 12.3. The normalized spacial score (nSPS) is 11.4.